The van der Waals surface area contributed by atoms with Crippen LogP contribution in [-0.4, -0.2) is 23.5 Å². The van der Waals surface area contributed by atoms with E-state index in [1.54, 1.807) is 23.1 Å². The Hall–Kier alpha value is -2.36. The fourth-order valence-corrected chi connectivity index (χ4v) is 2.89. The van der Waals surface area contributed by atoms with E-state index in [1.807, 2.05) is 25.1 Å². The van der Waals surface area contributed by atoms with E-state index in [0.29, 0.717) is 19.5 Å². The molecule has 0 aliphatic carbocycles. The highest BCUT2D eigenvalue weighted by Gasteiger charge is 2.28. The molecule has 1 amide bonds. The molecule has 0 bridgehead atoms. The maximum Gasteiger partial charge on any atom is 0.263 e. The summed E-state index contributed by atoms with van der Waals surface area (Å²) >= 11 is 0. The molecule has 23 heavy (non-hydrogen) atoms. The van der Waals surface area contributed by atoms with Crippen molar-refractivity contribution >= 4 is 5.91 Å². The smallest absolute Gasteiger partial charge is 0.263 e. The number of carbonyl (C=O) groups is 1. The zero-order valence-electron chi connectivity index (χ0n) is 13.2. The minimum Gasteiger partial charge on any atom is -0.478 e. The van der Waals surface area contributed by atoms with Crippen LogP contribution < -0.4 is 4.74 Å². The van der Waals surface area contributed by atoms with Gasteiger partial charge >= 0.3 is 0 Å². The summed E-state index contributed by atoms with van der Waals surface area (Å²) in [6.45, 7) is 3.14. The lowest BCUT2D eigenvalue weighted by atomic mass is 9.99. The van der Waals surface area contributed by atoms with Crippen LogP contribution in [0.15, 0.2) is 48.5 Å². The molecule has 1 heterocycles. The molecular weight excluding hydrogens is 293 g/mol. The van der Waals surface area contributed by atoms with Crippen LogP contribution in [0.3, 0.4) is 0 Å². The van der Waals surface area contributed by atoms with Crippen LogP contribution in [0.1, 0.15) is 24.5 Å². The molecule has 0 fully saturated rings. The van der Waals surface area contributed by atoms with Crippen molar-refractivity contribution < 1.29 is 13.9 Å². The Morgan fingerprint density at radius 2 is 1.87 bits per heavy atom. The van der Waals surface area contributed by atoms with E-state index < -0.39 is 11.9 Å². The summed E-state index contributed by atoms with van der Waals surface area (Å²) in [7, 11) is 0. The first-order valence-corrected chi connectivity index (χ1v) is 7.95. The fraction of sp³-hybridized carbons (Fsp3) is 0.316. The van der Waals surface area contributed by atoms with Gasteiger partial charge in [0.15, 0.2) is 17.7 Å². The second-order valence-electron chi connectivity index (χ2n) is 5.72. The number of amides is 1. The van der Waals surface area contributed by atoms with Gasteiger partial charge in [-0.1, -0.05) is 43.3 Å². The van der Waals surface area contributed by atoms with Crippen LogP contribution in [0, 0.1) is 5.82 Å². The Morgan fingerprint density at radius 1 is 1.17 bits per heavy atom. The fourth-order valence-electron chi connectivity index (χ4n) is 2.89. The number of hydrogen-bond donors (Lipinski definition) is 0. The van der Waals surface area contributed by atoms with E-state index in [0.717, 1.165) is 6.42 Å². The number of nitrogens with zero attached hydrogens (tertiary/aromatic N) is 1. The molecule has 0 radical (unpaired) electrons. The molecule has 4 heteroatoms. The van der Waals surface area contributed by atoms with Crippen molar-refractivity contribution in [1.82, 2.24) is 4.90 Å². The number of hydrogen-bond acceptors (Lipinski definition) is 2. The third kappa shape index (κ3) is 3.36. The topological polar surface area (TPSA) is 29.5 Å². The van der Waals surface area contributed by atoms with Crippen LogP contribution in [0.25, 0.3) is 0 Å². The largest absolute Gasteiger partial charge is 0.478 e. The maximum absolute atomic E-state index is 13.7. The number of fused-ring (bicyclic) bond motifs is 1. The van der Waals surface area contributed by atoms with Gasteiger partial charge in [-0.2, -0.15) is 0 Å². The van der Waals surface area contributed by atoms with Gasteiger partial charge in [-0.15, -0.1) is 0 Å². The summed E-state index contributed by atoms with van der Waals surface area (Å²) in [5.41, 5.74) is 2.47. The summed E-state index contributed by atoms with van der Waals surface area (Å²) in [6, 6.07) is 14.4. The molecule has 1 aliphatic rings. The summed E-state index contributed by atoms with van der Waals surface area (Å²) < 4.78 is 19.4. The van der Waals surface area contributed by atoms with Gasteiger partial charge in [-0.3, -0.25) is 4.79 Å². The average molecular weight is 313 g/mol. The maximum atomic E-state index is 13.7. The quantitative estimate of drug-likeness (QED) is 0.863. The number of rotatable bonds is 4. The lowest BCUT2D eigenvalue weighted by Crippen LogP contribution is -2.44. The molecule has 0 saturated carbocycles. The third-order valence-corrected chi connectivity index (χ3v) is 4.19. The number of para-hydroxylation sites is 1. The van der Waals surface area contributed by atoms with Crippen LogP contribution in [-0.2, 0) is 17.8 Å². The van der Waals surface area contributed by atoms with E-state index in [1.165, 1.54) is 17.2 Å². The van der Waals surface area contributed by atoms with Gasteiger partial charge in [-0.25, -0.2) is 4.39 Å². The molecule has 0 aromatic heterocycles. The first-order chi connectivity index (χ1) is 11.2. The van der Waals surface area contributed by atoms with E-state index in [2.05, 4.69) is 6.07 Å². The SMILES string of the molecule is CC[C@H](Oc1ccccc1F)C(=O)N1CCc2ccccc2C1. The monoisotopic (exact) mass is 313 g/mol. The second kappa shape index (κ2) is 6.82. The van der Waals surface area contributed by atoms with Crippen molar-refractivity contribution in [2.24, 2.45) is 0 Å². The van der Waals surface area contributed by atoms with Crippen LogP contribution >= 0.6 is 0 Å². The lowest BCUT2D eigenvalue weighted by Gasteiger charge is -2.31. The zero-order valence-corrected chi connectivity index (χ0v) is 13.2. The molecule has 2 aromatic carbocycles. The number of halogens is 1. The molecule has 120 valence electrons. The van der Waals surface area contributed by atoms with E-state index in [9.17, 15) is 9.18 Å². The molecule has 0 spiro atoms. The molecule has 1 atom stereocenters. The van der Waals surface area contributed by atoms with Crippen molar-refractivity contribution in [1.29, 1.82) is 0 Å². The summed E-state index contributed by atoms with van der Waals surface area (Å²) in [4.78, 5) is 14.5. The third-order valence-electron chi connectivity index (χ3n) is 4.19. The zero-order chi connectivity index (χ0) is 16.2. The number of carbonyl (C=O) groups excluding carboxylic acids is 1. The molecule has 3 rings (SSSR count). The van der Waals surface area contributed by atoms with Gasteiger partial charge in [0.05, 0.1) is 0 Å². The Morgan fingerprint density at radius 3 is 2.61 bits per heavy atom. The highest BCUT2D eigenvalue weighted by molar-refractivity contribution is 5.81. The molecule has 1 aliphatic heterocycles. The predicted octanol–water partition coefficient (Wildman–Crippen LogP) is 3.57. The molecule has 0 saturated heterocycles. The van der Waals surface area contributed by atoms with Crippen LogP contribution in [0.2, 0.25) is 0 Å². The summed E-state index contributed by atoms with van der Waals surface area (Å²) in [5.74, 6) is -0.391. The van der Waals surface area contributed by atoms with Crippen molar-refractivity contribution in [3.63, 3.8) is 0 Å². The van der Waals surface area contributed by atoms with Crippen LogP contribution in [0.4, 0.5) is 4.39 Å². The van der Waals surface area contributed by atoms with Gasteiger partial charge in [0, 0.05) is 13.1 Å². The molecular formula is C19H20FNO2. The Balaban J connectivity index is 1.72. The van der Waals surface area contributed by atoms with Crippen molar-refractivity contribution in [3.8, 4) is 5.75 Å². The van der Waals surface area contributed by atoms with Gasteiger partial charge in [0.1, 0.15) is 0 Å². The highest BCUT2D eigenvalue weighted by atomic mass is 19.1. The second-order valence-corrected chi connectivity index (χ2v) is 5.72. The molecule has 2 aromatic rings. The minimum atomic E-state index is -0.655. The van der Waals surface area contributed by atoms with Crippen molar-refractivity contribution in [2.75, 3.05) is 6.54 Å². The Labute approximate surface area is 135 Å². The van der Waals surface area contributed by atoms with Crippen molar-refractivity contribution in [2.45, 2.75) is 32.4 Å². The summed E-state index contributed by atoms with van der Waals surface area (Å²) in [6.07, 6.45) is 0.695. The van der Waals surface area contributed by atoms with Gasteiger partial charge < -0.3 is 9.64 Å². The first-order valence-electron chi connectivity index (χ1n) is 7.95. The lowest BCUT2D eigenvalue weighted by molar-refractivity contribution is -0.139. The number of benzene rings is 2. The van der Waals surface area contributed by atoms with Gasteiger partial charge in [-0.05, 0) is 36.1 Å². The number of ether oxygens (including phenoxy) is 1. The normalized spacial score (nSPS) is 15.0. The van der Waals surface area contributed by atoms with Gasteiger partial charge in [0.2, 0.25) is 0 Å². The highest BCUT2D eigenvalue weighted by Crippen LogP contribution is 2.22. The summed E-state index contributed by atoms with van der Waals surface area (Å²) in [5, 5.41) is 0. The van der Waals surface area contributed by atoms with Crippen molar-refractivity contribution in [3.05, 3.63) is 65.5 Å². The minimum absolute atomic E-state index is 0.0785. The predicted molar refractivity (Wildman–Crippen MR) is 86.7 cm³/mol. The van der Waals surface area contributed by atoms with E-state index in [4.69, 9.17) is 4.74 Å². The molecule has 0 N–H and O–H groups in total. The average Bonchev–Trinajstić information content (AvgIpc) is 2.60. The standard InChI is InChI=1S/C19H20FNO2/c1-2-17(23-18-10-6-5-9-16(18)20)19(22)21-12-11-14-7-3-4-8-15(14)13-21/h3-10,17H,2,11-13H2,1H3/t17-/m0/s1. The Bertz CT molecular complexity index is 701. The Kier molecular flexibility index (Phi) is 4.60. The molecule has 0 unspecified atom stereocenters. The van der Waals surface area contributed by atoms with Crippen LogP contribution in [0.5, 0.6) is 5.75 Å². The van der Waals surface area contributed by atoms with E-state index >= 15 is 0 Å². The molecule has 3 nitrogen and oxygen atoms in total. The first kappa shape index (κ1) is 15.5. The van der Waals surface area contributed by atoms with Gasteiger partial charge in [0.25, 0.3) is 5.91 Å². The van der Waals surface area contributed by atoms with E-state index in [-0.39, 0.29) is 11.7 Å².